The van der Waals surface area contributed by atoms with Gasteiger partial charge in [0.2, 0.25) is 5.91 Å². The molecule has 1 heterocycles. The molecule has 3 aromatic rings. The largest absolute Gasteiger partial charge is 0.273 e. The van der Waals surface area contributed by atoms with Gasteiger partial charge in [0, 0.05) is 17.7 Å². The summed E-state index contributed by atoms with van der Waals surface area (Å²) in [6.07, 6.45) is 3.45. The molecule has 4 rings (SSSR count). The first-order chi connectivity index (χ1) is 13.5. The summed E-state index contributed by atoms with van der Waals surface area (Å²) in [5.74, 6) is -0.507. The van der Waals surface area contributed by atoms with Crippen molar-refractivity contribution in [1.82, 2.24) is 20.6 Å². The number of nitrogens with zero attached hydrogens (tertiary/aromatic N) is 2. The van der Waals surface area contributed by atoms with Gasteiger partial charge in [0.25, 0.3) is 5.91 Å². The first kappa shape index (κ1) is 18.0. The van der Waals surface area contributed by atoms with Gasteiger partial charge in [-0.1, -0.05) is 30.3 Å². The number of hydrogen-bond donors (Lipinski definition) is 2. The van der Waals surface area contributed by atoms with Crippen molar-refractivity contribution in [3.05, 3.63) is 71.4 Å². The number of amides is 2. The van der Waals surface area contributed by atoms with E-state index in [1.54, 1.807) is 10.9 Å². The van der Waals surface area contributed by atoms with E-state index in [-0.39, 0.29) is 17.7 Å². The van der Waals surface area contributed by atoms with Crippen LogP contribution in [0.2, 0.25) is 0 Å². The van der Waals surface area contributed by atoms with Gasteiger partial charge in [0.1, 0.15) is 5.69 Å². The van der Waals surface area contributed by atoms with Crippen molar-refractivity contribution >= 4 is 11.8 Å². The molecule has 1 fully saturated rings. The summed E-state index contributed by atoms with van der Waals surface area (Å²) in [6.45, 7) is 4.07. The monoisotopic (exact) mass is 374 g/mol. The van der Waals surface area contributed by atoms with Crippen LogP contribution >= 0.6 is 0 Å². The van der Waals surface area contributed by atoms with E-state index in [9.17, 15) is 9.59 Å². The molecule has 1 saturated carbocycles. The molecule has 2 aromatic carbocycles. The van der Waals surface area contributed by atoms with Crippen molar-refractivity contribution in [1.29, 1.82) is 0 Å². The van der Waals surface area contributed by atoms with Crippen molar-refractivity contribution in [3.8, 4) is 16.9 Å². The molecule has 1 aromatic heterocycles. The summed E-state index contributed by atoms with van der Waals surface area (Å²) in [4.78, 5) is 24.7. The fourth-order valence-corrected chi connectivity index (χ4v) is 2.99. The van der Waals surface area contributed by atoms with Crippen molar-refractivity contribution in [3.63, 3.8) is 0 Å². The number of benzene rings is 2. The second-order valence-electron chi connectivity index (χ2n) is 7.19. The van der Waals surface area contributed by atoms with Gasteiger partial charge < -0.3 is 0 Å². The minimum atomic E-state index is -0.385. The summed E-state index contributed by atoms with van der Waals surface area (Å²) < 4.78 is 1.68. The van der Waals surface area contributed by atoms with E-state index in [0.717, 1.165) is 29.7 Å². The zero-order valence-electron chi connectivity index (χ0n) is 15.9. The Labute approximate surface area is 163 Å². The van der Waals surface area contributed by atoms with E-state index in [4.69, 9.17) is 0 Å². The minimum absolute atomic E-state index is 0.0200. The number of hydrogen-bond acceptors (Lipinski definition) is 3. The molecule has 0 aliphatic heterocycles. The Morgan fingerprint density at radius 1 is 1.00 bits per heavy atom. The highest BCUT2D eigenvalue weighted by Crippen LogP contribution is 2.29. The molecule has 0 bridgehead atoms. The molecule has 142 valence electrons. The zero-order chi connectivity index (χ0) is 19.7. The number of nitrogens with one attached hydrogen (secondary N) is 2. The maximum Gasteiger partial charge on any atom is 0.273 e. The third-order valence-corrected chi connectivity index (χ3v) is 5.01. The Morgan fingerprint density at radius 2 is 1.75 bits per heavy atom. The standard InChI is InChI=1S/C22H22N4O2/c1-14-8-9-17(12-15(14)2)20-19(22(28)24-23-21(27)16-10-11-16)13-26(25-20)18-6-4-3-5-7-18/h3-9,12-13,16H,10-11H2,1-2H3,(H,23,27)(H,24,28). The van der Waals surface area contributed by atoms with Gasteiger partial charge in [-0.2, -0.15) is 5.10 Å². The molecule has 1 aliphatic rings. The van der Waals surface area contributed by atoms with E-state index < -0.39 is 0 Å². The Bertz CT molecular complexity index is 1040. The minimum Gasteiger partial charge on any atom is -0.273 e. The second-order valence-corrected chi connectivity index (χ2v) is 7.19. The van der Waals surface area contributed by atoms with Crippen LogP contribution in [0.5, 0.6) is 0 Å². The van der Waals surface area contributed by atoms with E-state index in [1.165, 1.54) is 5.56 Å². The lowest BCUT2D eigenvalue weighted by Gasteiger charge is -2.08. The average Bonchev–Trinajstić information content (AvgIpc) is 3.47. The molecule has 2 N–H and O–H groups in total. The molecule has 1 aliphatic carbocycles. The molecule has 0 spiro atoms. The molecule has 6 nitrogen and oxygen atoms in total. The number of aromatic nitrogens is 2. The van der Waals surface area contributed by atoms with Gasteiger partial charge in [-0.15, -0.1) is 0 Å². The summed E-state index contributed by atoms with van der Waals surface area (Å²) in [5.41, 5.74) is 10.0. The molecule has 2 amide bonds. The quantitative estimate of drug-likeness (QED) is 0.688. The summed E-state index contributed by atoms with van der Waals surface area (Å²) in [6, 6.07) is 15.6. The van der Waals surface area contributed by atoms with E-state index in [0.29, 0.717) is 11.3 Å². The fraction of sp³-hybridized carbons (Fsp3) is 0.227. The van der Waals surface area contributed by atoms with Gasteiger partial charge in [-0.25, -0.2) is 4.68 Å². The molecular weight excluding hydrogens is 352 g/mol. The van der Waals surface area contributed by atoms with Crippen molar-refractivity contribution < 1.29 is 9.59 Å². The fourth-order valence-electron chi connectivity index (χ4n) is 2.99. The molecule has 6 heteroatoms. The first-order valence-electron chi connectivity index (χ1n) is 9.36. The van der Waals surface area contributed by atoms with Gasteiger partial charge >= 0.3 is 0 Å². The number of carbonyl (C=O) groups is 2. The lowest BCUT2D eigenvalue weighted by molar-refractivity contribution is -0.123. The molecule has 0 atom stereocenters. The van der Waals surface area contributed by atoms with Crippen LogP contribution in [-0.2, 0) is 4.79 Å². The predicted octanol–water partition coefficient (Wildman–Crippen LogP) is 3.33. The highest BCUT2D eigenvalue weighted by atomic mass is 16.2. The highest BCUT2D eigenvalue weighted by Gasteiger charge is 2.30. The van der Waals surface area contributed by atoms with Crippen LogP contribution in [0.1, 0.15) is 34.3 Å². The average molecular weight is 374 g/mol. The zero-order valence-corrected chi connectivity index (χ0v) is 15.9. The lowest BCUT2D eigenvalue weighted by Crippen LogP contribution is -2.42. The summed E-state index contributed by atoms with van der Waals surface area (Å²) >= 11 is 0. The highest BCUT2D eigenvalue weighted by molar-refractivity contribution is 6.00. The Morgan fingerprint density at radius 3 is 2.43 bits per heavy atom. The second kappa shape index (κ2) is 7.31. The topological polar surface area (TPSA) is 76.0 Å². The summed E-state index contributed by atoms with van der Waals surface area (Å²) in [5, 5.41) is 4.66. The van der Waals surface area contributed by atoms with Crippen LogP contribution in [0.3, 0.4) is 0 Å². The number of hydrazine groups is 1. The Balaban J connectivity index is 1.69. The van der Waals surface area contributed by atoms with Crippen molar-refractivity contribution in [2.75, 3.05) is 0 Å². The molecule has 0 saturated heterocycles. The van der Waals surface area contributed by atoms with Gasteiger partial charge in [-0.3, -0.25) is 20.4 Å². The molecular formula is C22H22N4O2. The predicted molar refractivity (Wildman–Crippen MR) is 107 cm³/mol. The third-order valence-electron chi connectivity index (χ3n) is 5.01. The normalized spacial score (nSPS) is 13.2. The number of carbonyl (C=O) groups excluding carboxylic acids is 2. The maximum absolute atomic E-state index is 12.8. The van der Waals surface area contributed by atoms with Crippen LogP contribution < -0.4 is 10.9 Å². The lowest BCUT2D eigenvalue weighted by atomic mass is 10.0. The third kappa shape index (κ3) is 3.67. The smallest absolute Gasteiger partial charge is 0.273 e. The van der Waals surface area contributed by atoms with Crippen LogP contribution in [0.25, 0.3) is 16.9 Å². The number of aryl methyl sites for hydroxylation is 2. The molecule has 0 unspecified atom stereocenters. The maximum atomic E-state index is 12.8. The van der Waals surface area contributed by atoms with Crippen LogP contribution in [0, 0.1) is 19.8 Å². The Hall–Kier alpha value is -3.41. The van der Waals surface area contributed by atoms with Crippen molar-refractivity contribution in [2.24, 2.45) is 5.92 Å². The van der Waals surface area contributed by atoms with E-state index >= 15 is 0 Å². The van der Waals surface area contributed by atoms with Crippen molar-refractivity contribution in [2.45, 2.75) is 26.7 Å². The number of para-hydroxylation sites is 1. The van der Waals surface area contributed by atoms with E-state index in [1.807, 2.05) is 62.4 Å². The molecule has 0 radical (unpaired) electrons. The summed E-state index contributed by atoms with van der Waals surface area (Å²) in [7, 11) is 0. The van der Waals surface area contributed by atoms with Crippen LogP contribution in [0.15, 0.2) is 54.7 Å². The molecule has 28 heavy (non-hydrogen) atoms. The number of rotatable bonds is 4. The van der Waals surface area contributed by atoms with Gasteiger partial charge in [0.15, 0.2) is 0 Å². The van der Waals surface area contributed by atoms with E-state index in [2.05, 4.69) is 16.0 Å². The first-order valence-corrected chi connectivity index (χ1v) is 9.36. The Kier molecular flexibility index (Phi) is 4.69. The van der Waals surface area contributed by atoms with Gasteiger partial charge in [-0.05, 0) is 56.0 Å². The SMILES string of the molecule is Cc1ccc(-c2nn(-c3ccccc3)cc2C(=O)NNC(=O)C2CC2)cc1C. The van der Waals surface area contributed by atoms with Gasteiger partial charge in [0.05, 0.1) is 11.3 Å². The van der Waals surface area contributed by atoms with Crippen LogP contribution in [0.4, 0.5) is 0 Å². The van der Waals surface area contributed by atoms with Crippen LogP contribution in [-0.4, -0.2) is 21.6 Å².